The molecule has 4 aliphatic rings. The fourth-order valence-corrected chi connectivity index (χ4v) is 9.11. The van der Waals surface area contributed by atoms with Crippen LogP contribution >= 0.6 is 11.6 Å². The lowest BCUT2D eigenvalue weighted by atomic mass is 9.89. The second-order valence-electron chi connectivity index (χ2n) is 15.4. The number of nitrogens with one attached hydrogen (secondary N) is 3. The van der Waals surface area contributed by atoms with Crippen molar-refractivity contribution in [2.45, 2.75) is 50.5 Å². The molecule has 2 atom stereocenters. The van der Waals surface area contributed by atoms with E-state index in [1.165, 1.54) is 23.4 Å². The molecule has 0 saturated carbocycles. The zero-order valence-corrected chi connectivity index (χ0v) is 31.6. The Balaban J connectivity index is 0.791. The number of anilines is 3. The maximum absolute atomic E-state index is 15.1. The third kappa shape index (κ3) is 7.86. The average Bonchev–Trinajstić information content (AvgIpc) is 3.65. The summed E-state index contributed by atoms with van der Waals surface area (Å²) in [5.41, 5.74) is 5.89. The number of imide groups is 1. The number of nitrogens with zero attached hydrogens (tertiary/aromatic N) is 5. The van der Waals surface area contributed by atoms with Crippen LogP contribution < -0.4 is 25.3 Å². The number of aromatic amines is 1. The van der Waals surface area contributed by atoms with E-state index in [0.717, 1.165) is 107 Å². The van der Waals surface area contributed by atoms with E-state index in [4.69, 9.17) is 11.6 Å². The van der Waals surface area contributed by atoms with Crippen molar-refractivity contribution in [3.05, 3.63) is 88.3 Å². The van der Waals surface area contributed by atoms with Gasteiger partial charge in [0.25, 0.3) is 5.91 Å². The Kier molecular flexibility index (Phi) is 10.7. The van der Waals surface area contributed by atoms with E-state index in [0.29, 0.717) is 22.4 Å². The monoisotopic (exact) mass is 764 g/mol. The van der Waals surface area contributed by atoms with Crippen LogP contribution in [0.4, 0.5) is 21.5 Å². The van der Waals surface area contributed by atoms with Gasteiger partial charge < -0.3 is 25.0 Å². The van der Waals surface area contributed by atoms with Crippen molar-refractivity contribution >= 4 is 57.3 Å². The molecule has 0 spiro atoms. The van der Waals surface area contributed by atoms with Gasteiger partial charge in [0, 0.05) is 94.2 Å². The number of rotatable bonds is 8. The molecule has 4 aliphatic heterocycles. The van der Waals surface area contributed by atoms with Gasteiger partial charge in [-0.15, -0.1) is 0 Å². The van der Waals surface area contributed by atoms with Gasteiger partial charge in [0.2, 0.25) is 11.8 Å². The molecular formula is C42H46ClFN8O3. The molecule has 8 rings (SSSR count). The molecule has 286 valence electrons. The number of aromatic nitrogens is 1. The van der Waals surface area contributed by atoms with E-state index in [1.807, 2.05) is 6.07 Å². The van der Waals surface area contributed by atoms with Crippen molar-refractivity contribution in [1.82, 2.24) is 20.5 Å². The van der Waals surface area contributed by atoms with Gasteiger partial charge >= 0.3 is 0 Å². The first-order valence-corrected chi connectivity index (χ1v) is 19.8. The molecule has 1 unspecified atom stereocenters. The van der Waals surface area contributed by atoms with E-state index in [2.05, 4.69) is 71.6 Å². The number of piperazine rings is 1. The van der Waals surface area contributed by atoms with Gasteiger partial charge in [0.15, 0.2) is 0 Å². The van der Waals surface area contributed by atoms with Crippen LogP contribution in [0.3, 0.4) is 0 Å². The van der Waals surface area contributed by atoms with Crippen LogP contribution in [0.25, 0.3) is 10.9 Å². The average molecular weight is 765 g/mol. The molecule has 0 aliphatic carbocycles. The lowest BCUT2D eigenvalue weighted by Gasteiger charge is -2.40. The number of carbonyl (C=O) groups is 3. The number of benzene rings is 3. The standard InChI is InChI=1S/C42H46ClFN8O3/c43-34-9-11-37(40-39(34)30(23-45)24-46-40)52-15-1-2-29(26-52)28-3-5-31(6-4-28)50-16-13-27(14-17-50)25-49-18-20-51(21-19-49)32-7-8-33(35(44)22-32)41(54)47-36-10-12-38(53)48-42(36)55/h3-9,11,22,24,27,29,36,46H,1-2,10,12-21,25-26H2,(H,47,54)(H,48,53,55)/t29-,36?/m1/s1. The van der Waals surface area contributed by atoms with Crippen molar-refractivity contribution in [3.8, 4) is 6.07 Å². The quantitative estimate of drug-likeness (QED) is 0.193. The molecule has 1 aromatic heterocycles. The summed E-state index contributed by atoms with van der Waals surface area (Å²) in [6.45, 7) is 8.40. The first-order chi connectivity index (χ1) is 26.7. The minimum atomic E-state index is -0.850. The molecule has 55 heavy (non-hydrogen) atoms. The molecular weight excluding hydrogens is 719 g/mol. The Hall–Kier alpha value is -5.12. The van der Waals surface area contributed by atoms with Crippen LogP contribution in [-0.2, 0) is 9.59 Å². The number of hydrogen-bond acceptors (Lipinski definition) is 8. The smallest absolute Gasteiger partial charge is 0.254 e. The number of amides is 3. The molecule has 3 aromatic carbocycles. The van der Waals surface area contributed by atoms with Gasteiger partial charge in [0.1, 0.15) is 17.9 Å². The predicted molar refractivity (Wildman–Crippen MR) is 212 cm³/mol. The van der Waals surface area contributed by atoms with Gasteiger partial charge in [-0.05, 0) is 86.1 Å². The van der Waals surface area contributed by atoms with Gasteiger partial charge in [0.05, 0.1) is 27.4 Å². The molecule has 11 nitrogen and oxygen atoms in total. The van der Waals surface area contributed by atoms with Crippen molar-refractivity contribution in [1.29, 1.82) is 5.26 Å². The Bertz CT molecular complexity index is 2120. The zero-order valence-electron chi connectivity index (χ0n) is 30.8. The Morgan fingerprint density at radius 2 is 1.64 bits per heavy atom. The summed E-state index contributed by atoms with van der Waals surface area (Å²) >= 11 is 6.48. The second-order valence-corrected chi connectivity index (χ2v) is 15.8. The molecule has 4 aromatic rings. The molecule has 3 N–H and O–H groups in total. The molecule has 4 saturated heterocycles. The van der Waals surface area contributed by atoms with Crippen LogP contribution in [0.15, 0.2) is 60.8 Å². The molecule has 0 radical (unpaired) electrons. The van der Waals surface area contributed by atoms with Crippen LogP contribution in [0.2, 0.25) is 5.02 Å². The lowest BCUT2D eigenvalue weighted by Crippen LogP contribution is -2.52. The molecule has 13 heteroatoms. The summed E-state index contributed by atoms with van der Waals surface area (Å²) in [4.78, 5) is 49.0. The third-order valence-electron chi connectivity index (χ3n) is 12.0. The topological polar surface area (TPSA) is 128 Å². The molecule has 0 bridgehead atoms. The minimum Gasteiger partial charge on any atom is -0.372 e. The van der Waals surface area contributed by atoms with E-state index in [9.17, 15) is 19.6 Å². The van der Waals surface area contributed by atoms with E-state index in [1.54, 1.807) is 12.3 Å². The maximum atomic E-state index is 15.1. The highest BCUT2D eigenvalue weighted by Crippen LogP contribution is 2.38. The van der Waals surface area contributed by atoms with E-state index in [-0.39, 0.29) is 24.3 Å². The first kappa shape index (κ1) is 36.8. The summed E-state index contributed by atoms with van der Waals surface area (Å²) in [6.07, 6.45) is 6.63. The van der Waals surface area contributed by atoms with E-state index < -0.39 is 23.7 Å². The van der Waals surface area contributed by atoms with Crippen molar-refractivity contribution in [3.63, 3.8) is 0 Å². The normalized spacial score (nSPS) is 21.4. The fourth-order valence-electron chi connectivity index (χ4n) is 8.85. The summed E-state index contributed by atoms with van der Waals surface area (Å²) in [7, 11) is 0. The predicted octanol–water partition coefficient (Wildman–Crippen LogP) is 5.79. The maximum Gasteiger partial charge on any atom is 0.254 e. The van der Waals surface area contributed by atoms with Gasteiger partial charge in [-0.2, -0.15) is 5.26 Å². The van der Waals surface area contributed by atoms with Crippen LogP contribution in [0.5, 0.6) is 0 Å². The number of piperidine rings is 3. The number of nitriles is 1. The Labute approximate surface area is 325 Å². The SMILES string of the molecule is N#Cc1c[nH]c2c(N3CCC[C@@H](c4ccc(N5CCC(CN6CCN(c7ccc(C(=O)NC8CCC(=O)NC8=O)c(F)c7)CC6)CC5)cc4)C3)ccc(Cl)c12. The highest BCUT2D eigenvalue weighted by atomic mass is 35.5. The molecule has 3 amide bonds. The second kappa shape index (κ2) is 15.9. The highest BCUT2D eigenvalue weighted by molar-refractivity contribution is 6.36. The van der Waals surface area contributed by atoms with Crippen molar-refractivity contribution < 1.29 is 18.8 Å². The fraction of sp³-hybridized carbons (Fsp3) is 0.429. The van der Waals surface area contributed by atoms with Crippen molar-refractivity contribution in [2.75, 3.05) is 73.6 Å². The van der Waals surface area contributed by atoms with Crippen LogP contribution in [0.1, 0.15) is 65.9 Å². The van der Waals surface area contributed by atoms with Gasteiger partial charge in [-0.25, -0.2) is 4.39 Å². The summed E-state index contributed by atoms with van der Waals surface area (Å²) in [5, 5.41) is 15.7. The Morgan fingerprint density at radius 3 is 2.36 bits per heavy atom. The number of H-pyrrole nitrogens is 1. The summed E-state index contributed by atoms with van der Waals surface area (Å²) in [5.74, 6) is -1.15. The van der Waals surface area contributed by atoms with Crippen LogP contribution in [-0.4, -0.2) is 92.6 Å². The number of carbonyl (C=O) groups excluding carboxylic acids is 3. The van der Waals surface area contributed by atoms with Crippen LogP contribution in [0, 0.1) is 23.1 Å². The summed E-state index contributed by atoms with van der Waals surface area (Å²) in [6, 6.07) is 19.2. The van der Waals surface area contributed by atoms with Crippen molar-refractivity contribution in [2.24, 2.45) is 5.92 Å². The number of halogens is 2. The van der Waals surface area contributed by atoms with Gasteiger partial charge in [-0.1, -0.05) is 23.7 Å². The molecule has 5 heterocycles. The zero-order chi connectivity index (χ0) is 38.1. The minimum absolute atomic E-state index is 0.115. The van der Waals surface area contributed by atoms with Gasteiger partial charge in [-0.3, -0.25) is 24.6 Å². The lowest BCUT2D eigenvalue weighted by molar-refractivity contribution is -0.134. The molecule has 4 fully saturated rings. The highest BCUT2D eigenvalue weighted by Gasteiger charge is 2.30. The summed E-state index contributed by atoms with van der Waals surface area (Å²) < 4.78 is 15.1. The largest absolute Gasteiger partial charge is 0.372 e. The number of fused-ring (bicyclic) bond motifs is 1. The third-order valence-corrected chi connectivity index (χ3v) is 12.3. The Morgan fingerprint density at radius 1 is 0.891 bits per heavy atom. The first-order valence-electron chi connectivity index (χ1n) is 19.4. The van der Waals surface area contributed by atoms with E-state index >= 15 is 4.39 Å². The number of hydrogen-bond donors (Lipinski definition) is 3.